The number of carbonyl (C=O) groups is 2. The molecule has 0 heterocycles. The molecule has 30 heavy (non-hydrogen) atoms. The zero-order chi connectivity index (χ0) is 22.3. The van der Waals surface area contributed by atoms with Crippen LogP contribution < -0.4 is 14.8 Å². The lowest BCUT2D eigenvalue weighted by molar-refractivity contribution is -0.131. The van der Waals surface area contributed by atoms with Gasteiger partial charge < -0.3 is 19.7 Å². The highest BCUT2D eigenvalue weighted by atomic mass is 16.5. The zero-order valence-corrected chi connectivity index (χ0v) is 18.6. The van der Waals surface area contributed by atoms with Crippen molar-refractivity contribution in [2.24, 2.45) is 0 Å². The van der Waals surface area contributed by atoms with Crippen molar-refractivity contribution in [2.45, 2.75) is 20.0 Å². The molecule has 7 heteroatoms. The Balaban J connectivity index is 1.96. The van der Waals surface area contributed by atoms with E-state index in [-0.39, 0.29) is 11.8 Å². The third kappa shape index (κ3) is 5.97. The summed E-state index contributed by atoms with van der Waals surface area (Å²) in [6.45, 7) is 3.38. The average Bonchev–Trinajstić information content (AvgIpc) is 2.74. The molecule has 2 amide bonds. The molecule has 0 spiro atoms. The largest absolute Gasteiger partial charge is 0.493 e. The van der Waals surface area contributed by atoms with Gasteiger partial charge in [-0.25, -0.2) is 0 Å². The van der Waals surface area contributed by atoms with E-state index in [0.717, 1.165) is 16.7 Å². The van der Waals surface area contributed by atoms with Crippen LogP contribution in [0.3, 0.4) is 0 Å². The molecule has 0 radical (unpaired) electrons. The van der Waals surface area contributed by atoms with E-state index in [1.54, 1.807) is 45.3 Å². The van der Waals surface area contributed by atoms with Crippen molar-refractivity contribution < 1.29 is 19.1 Å². The maximum Gasteiger partial charge on any atom is 0.251 e. The fourth-order valence-electron chi connectivity index (χ4n) is 3.16. The lowest BCUT2D eigenvalue weighted by Gasteiger charge is -2.23. The monoisotopic (exact) mass is 413 g/mol. The fourth-order valence-corrected chi connectivity index (χ4v) is 3.16. The summed E-state index contributed by atoms with van der Waals surface area (Å²) < 4.78 is 10.7. The minimum Gasteiger partial charge on any atom is -0.493 e. The van der Waals surface area contributed by atoms with Gasteiger partial charge in [0.2, 0.25) is 5.91 Å². The third-order valence-corrected chi connectivity index (χ3v) is 4.98. The smallest absolute Gasteiger partial charge is 0.251 e. The lowest BCUT2D eigenvalue weighted by Crippen LogP contribution is -2.36. The van der Waals surface area contributed by atoms with Crippen LogP contribution in [0.2, 0.25) is 0 Å². The second-order valence-electron chi connectivity index (χ2n) is 7.33. The van der Waals surface area contributed by atoms with E-state index in [1.807, 2.05) is 43.1 Å². The number of amides is 2. The van der Waals surface area contributed by atoms with Crippen LogP contribution in [0.4, 0.5) is 0 Å². The van der Waals surface area contributed by atoms with Gasteiger partial charge in [0.25, 0.3) is 5.91 Å². The number of hydrogen-bond donors (Lipinski definition) is 1. The zero-order valence-electron chi connectivity index (χ0n) is 18.6. The first-order valence-corrected chi connectivity index (χ1v) is 9.74. The van der Waals surface area contributed by atoms with Crippen molar-refractivity contribution in [1.82, 2.24) is 15.1 Å². The van der Waals surface area contributed by atoms with Crippen molar-refractivity contribution >= 4 is 11.8 Å². The molecule has 0 fully saturated rings. The Morgan fingerprint density at radius 1 is 0.967 bits per heavy atom. The van der Waals surface area contributed by atoms with Gasteiger partial charge in [0.15, 0.2) is 11.5 Å². The maximum atomic E-state index is 12.7. The molecule has 0 saturated carbocycles. The van der Waals surface area contributed by atoms with E-state index in [9.17, 15) is 9.59 Å². The van der Waals surface area contributed by atoms with Gasteiger partial charge in [-0.1, -0.05) is 12.1 Å². The molecule has 2 aromatic carbocycles. The number of nitrogens with one attached hydrogen (secondary N) is 1. The van der Waals surface area contributed by atoms with E-state index in [2.05, 4.69) is 5.32 Å². The summed E-state index contributed by atoms with van der Waals surface area (Å²) in [7, 11) is 8.51. The minimum absolute atomic E-state index is 0.0219. The number of rotatable bonds is 9. The summed E-state index contributed by atoms with van der Waals surface area (Å²) in [5, 5.41) is 2.60. The Bertz CT molecular complexity index is 881. The molecule has 1 N–H and O–H groups in total. The number of likely N-dealkylation sites (N-methyl/N-ethyl adjacent to an activating group) is 2. The Hall–Kier alpha value is -3.06. The van der Waals surface area contributed by atoms with E-state index in [4.69, 9.17) is 9.47 Å². The van der Waals surface area contributed by atoms with Crippen LogP contribution in [0.25, 0.3) is 0 Å². The van der Waals surface area contributed by atoms with Crippen LogP contribution in [0.5, 0.6) is 11.5 Å². The molecule has 0 unspecified atom stereocenters. The molecular formula is C23H31N3O4. The maximum absolute atomic E-state index is 12.7. The number of ether oxygens (including phenoxy) is 2. The summed E-state index contributed by atoms with van der Waals surface area (Å²) in [4.78, 5) is 28.0. The molecule has 0 atom stereocenters. The van der Waals surface area contributed by atoms with E-state index >= 15 is 0 Å². The first-order chi connectivity index (χ1) is 14.3. The molecule has 162 valence electrons. The Morgan fingerprint density at radius 2 is 1.57 bits per heavy atom. The van der Waals surface area contributed by atoms with Gasteiger partial charge in [0.1, 0.15) is 0 Å². The normalized spacial score (nSPS) is 10.6. The molecule has 0 aliphatic carbocycles. The van der Waals surface area contributed by atoms with Crippen LogP contribution in [-0.2, 0) is 17.9 Å². The van der Waals surface area contributed by atoms with Crippen LogP contribution in [0.1, 0.15) is 27.0 Å². The van der Waals surface area contributed by atoms with Gasteiger partial charge in [-0.2, -0.15) is 0 Å². The van der Waals surface area contributed by atoms with Gasteiger partial charge in [-0.3, -0.25) is 14.5 Å². The second-order valence-corrected chi connectivity index (χ2v) is 7.33. The fraction of sp³-hybridized carbons (Fsp3) is 0.391. The van der Waals surface area contributed by atoms with E-state index in [0.29, 0.717) is 36.7 Å². The Labute approximate surface area is 178 Å². The van der Waals surface area contributed by atoms with E-state index in [1.165, 1.54) is 0 Å². The van der Waals surface area contributed by atoms with Crippen molar-refractivity contribution in [3.8, 4) is 11.5 Å². The molecular weight excluding hydrogens is 382 g/mol. The Morgan fingerprint density at radius 3 is 2.13 bits per heavy atom. The average molecular weight is 414 g/mol. The number of methoxy groups -OCH3 is 2. The van der Waals surface area contributed by atoms with Crippen molar-refractivity contribution in [3.05, 3.63) is 58.7 Å². The predicted molar refractivity (Wildman–Crippen MR) is 117 cm³/mol. The summed E-state index contributed by atoms with van der Waals surface area (Å²) in [6.07, 6.45) is 0. The van der Waals surface area contributed by atoms with Crippen molar-refractivity contribution in [2.75, 3.05) is 41.9 Å². The van der Waals surface area contributed by atoms with Gasteiger partial charge in [0.05, 0.1) is 20.8 Å². The SMILES string of the molecule is CNC(=O)c1ccc(CN(C)CC(=O)N(C)Cc2cc(OC)c(OC)cc2C)cc1. The Kier molecular flexibility index (Phi) is 8.24. The van der Waals surface area contributed by atoms with Crippen LogP contribution >= 0.6 is 0 Å². The lowest BCUT2D eigenvalue weighted by atomic mass is 10.1. The predicted octanol–water partition coefficient (Wildman–Crippen LogP) is 2.46. The van der Waals surface area contributed by atoms with Crippen molar-refractivity contribution in [1.29, 1.82) is 0 Å². The highest BCUT2D eigenvalue weighted by Gasteiger charge is 2.16. The number of benzene rings is 2. The number of nitrogens with zero attached hydrogens (tertiary/aromatic N) is 2. The summed E-state index contributed by atoms with van der Waals surface area (Å²) in [6, 6.07) is 11.2. The summed E-state index contributed by atoms with van der Waals surface area (Å²) in [5.74, 6) is 1.23. The molecule has 0 aliphatic rings. The first-order valence-electron chi connectivity index (χ1n) is 9.74. The van der Waals surface area contributed by atoms with Crippen molar-refractivity contribution in [3.63, 3.8) is 0 Å². The number of aryl methyl sites for hydroxylation is 1. The van der Waals surface area contributed by atoms with Gasteiger partial charge in [0, 0.05) is 32.7 Å². The summed E-state index contributed by atoms with van der Waals surface area (Å²) in [5.41, 5.74) is 3.70. The van der Waals surface area contributed by atoms with Crippen LogP contribution in [0, 0.1) is 6.92 Å². The van der Waals surface area contributed by atoms with Crippen LogP contribution in [0.15, 0.2) is 36.4 Å². The first kappa shape index (κ1) is 23.2. The highest BCUT2D eigenvalue weighted by Crippen LogP contribution is 2.30. The number of hydrogen-bond acceptors (Lipinski definition) is 5. The number of carbonyl (C=O) groups excluding carboxylic acids is 2. The highest BCUT2D eigenvalue weighted by molar-refractivity contribution is 5.93. The van der Waals surface area contributed by atoms with Gasteiger partial charge >= 0.3 is 0 Å². The molecule has 0 aliphatic heterocycles. The minimum atomic E-state index is -0.114. The topological polar surface area (TPSA) is 71.1 Å². The molecule has 0 saturated heterocycles. The quantitative estimate of drug-likeness (QED) is 0.684. The standard InChI is InChI=1S/C23H31N3O4/c1-16-11-20(29-5)21(30-6)12-19(16)14-26(4)22(27)15-25(3)13-17-7-9-18(10-8-17)23(28)24-2/h7-12H,13-15H2,1-6H3,(H,24,28). The molecule has 7 nitrogen and oxygen atoms in total. The molecule has 2 rings (SSSR count). The summed E-state index contributed by atoms with van der Waals surface area (Å²) >= 11 is 0. The molecule has 2 aromatic rings. The van der Waals surface area contributed by atoms with Gasteiger partial charge in [-0.15, -0.1) is 0 Å². The second kappa shape index (κ2) is 10.6. The third-order valence-electron chi connectivity index (χ3n) is 4.98. The molecule has 0 aromatic heterocycles. The van der Waals surface area contributed by atoms with Crippen LogP contribution in [-0.4, -0.2) is 63.5 Å². The van der Waals surface area contributed by atoms with Gasteiger partial charge in [-0.05, 0) is 54.9 Å². The molecule has 0 bridgehead atoms. The van der Waals surface area contributed by atoms with E-state index < -0.39 is 0 Å².